The summed E-state index contributed by atoms with van der Waals surface area (Å²) >= 11 is 0. The molecule has 20 heavy (non-hydrogen) atoms. The van der Waals surface area contributed by atoms with Crippen molar-refractivity contribution in [2.75, 3.05) is 32.8 Å². The number of aryl methyl sites for hydroxylation is 1. The summed E-state index contributed by atoms with van der Waals surface area (Å²) in [6.45, 7) is 6.22. The van der Waals surface area contributed by atoms with Crippen LogP contribution in [0.15, 0.2) is 6.20 Å². The van der Waals surface area contributed by atoms with E-state index in [1.165, 1.54) is 0 Å². The molecule has 2 rings (SSSR count). The van der Waals surface area contributed by atoms with E-state index < -0.39 is 0 Å². The molecule has 8 heteroatoms. The molecule has 1 aromatic rings. The largest absolute Gasteiger partial charge is 0.450 e. The third-order valence-corrected chi connectivity index (χ3v) is 3.25. The molecular weight excluding hydrogens is 262 g/mol. The van der Waals surface area contributed by atoms with Gasteiger partial charge in [-0.1, -0.05) is 5.21 Å². The molecule has 1 aliphatic rings. The second kappa shape index (κ2) is 6.36. The van der Waals surface area contributed by atoms with Gasteiger partial charge in [-0.2, -0.15) is 0 Å². The number of hydrogen-bond acceptors (Lipinski definition) is 5. The van der Waals surface area contributed by atoms with Gasteiger partial charge in [-0.25, -0.2) is 9.48 Å². The molecule has 0 unspecified atom stereocenters. The van der Waals surface area contributed by atoms with Crippen LogP contribution in [0.3, 0.4) is 0 Å². The summed E-state index contributed by atoms with van der Waals surface area (Å²) < 4.78 is 6.51. The predicted octanol–water partition coefficient (Wildman–Crippen LogP) is -0.113. The highest BCUT2D eigenvalue weighted by atomic mass is 16.6. The summed E-state index contributed by atoms with van der Waals surface area (Å²) in [7, 11) is 0. The molecule has 1 aliphatic heterocycles. The average Bonchev–Trinajstić information content (AvgIpc) is 2.85. The molecule has 0 radical (unpaired) electrons. The van der Waals surface area contributed by atoms with Crippen molar-refractivity contribution in [1.82, 2.24) is 24.8 Å². The molecule has 2 amide bonds. The zero-order valence-electron chi connectivity index (χ0n) is 11.8. The first-order valence-corrected chi connectivity index (χ1v) is 6.66. The van der Waals surface area contributed by atoms with Crippen molar-refractivity contribution < 1.29 is 14.3 Å². The Bertz CT molecular complexity index is 479. The van der Waals surface area contributed by atoms with Crippen LogP contribution in [0, 0.1) is 6.92 Å². The molecule has 1 aromatic heterocycles. The lowest BCUT2D eigenvalue weighted by Gasteiger charge is -2.34. The maximum absolute atomic E-state index is 12.1. The van der Waals surface area contributed by atoms with E-state index in [0.29, 0.717) is 32.8 Å². The standard InChI is InChI=1S/C12H19N5O3/c1-3-20-12(19)16-6-4-15(5-7-16)11(18)9-17-10(2)8-13-14-17/h8H,3-7,9H2,1-2H3. The van der Waals surface area contributed by atoms with Crippen LogP contribution in [0.4, 0.5) is 4.79 Å². The summed E-state index contributed by atoms with van der Waals surface area (Å²) in [4.78, 5) is 27.0. The lowest BCUT2D eigenvalue weighted by molar-refractivity contribution is -0.133. The Labute approximate surface area is 117 Å². The minimum Gasteiger partial charge on any atom is -0.450 e. The Morgan fingerprint density at radius 1 is 1.25 bits per heavy atom. The Kier molecular flexibility index (Phi) is 4.54. The predicted molar refractivity (Wildman–Crippen MR) is 69.9 cm³/mol. The van der Waals surface area contributed by atoms with E-state index in [2.05, 4.69) is 10.3 Å². The van der Waals surface area contributed by atoms with E-state index in [4.69, 9.17) is 4.74 Å². The summed E-state index contributed by atoms with van der Waals surface area (Å²) in [6, 6.07) is 0. The summed E-state index contributed by atoms with van der Waals surface area (Å²) in [5.41, 5.74) is 0.850. The van der Waals surface area contributed by atoms with Crippen LogP contribution in [-0.2, 0) is 16.1 Å². The minimum atomic E-state index is -0.313. The second-order valence-corrected chi connectivity index (χ2v) is 4.60. The fraction of sp³-hybridized carbons (Fsp3) is 0.667. The highest BCUT2D eigenvalue weighted by Gasteiger charge is 2.25. The van der Waals surface area contributed by atoms with Crippen LogP contribution in [0.5, 0.6) is 0 Å². The van der Waals surface area contributed by atoms with Gasteiger partial charge in [0.15, 0.2) is 0 Å². The number of amides is 2. The van der Waals surface area contributed by atoms with Crippen molar-refractivity contribution in [2.24, 2.45) is 0 Å². The maximum Gasteiger partial charge on any atom is 0.409 e. The molecule has 0 saturated carbocycles. The molecule has 0 spiro atoms. The molecule has 8 nitrogen and oxygen atoms in total. The van der Waals surface area contributed by atoms with Crippen LogP contribution in [0.25, 0.3) is 0 Å². The van der Waals surface area contributed by atoms with E-state index in [1.807, 2.05) is 6.92 Å². The van der Waals surface area contributed by atoms with Crippen molar-refractivity contribution in [2.45, 2.75) is 20.4 Å². The van der Waals surface area contributed by atoms with Gasteiger partial charge in [-0.05, 0) is 13.8 Å². The van der Waals surface area contributed by atoms with Gasteiger partial charge < -0.3 is 14.5 Å². The van der Waals surface area contributed by atoms with Gasteiger partial charge in [-0.3, -0.25) is 4.79 Å². The molecule has 0 bridgehead atoms. The average molecular weight is 281 g/mol. The van der Waals surface area contributed by atoms with Gasteiger partial charge >= 0.3 is 6.09 Å². The van der Waals surface area contributed by atoms with Crippen molar-refractivity contribution in [3.05, 3.63) is 11.9 Å². The monoisotopic (exact) mass is 281 g/mol. The Balaban J connectivity index is 1.83. The van der Waals surface area contributed by atoms with Gasteiger partial charge in [0.1, 0.15) is 6.54 Å². The molecule has 0 atom stereocenters. The van der Waals surface area contributed by atoms with Crippen LogP contribution >= 0.6 is 0 Å². The number of carbonyl (C=O) groups excluding carboxylic acids is 2. The van der Waals surface area contributed by atoms with Crippen molar-refractivity contribution in [3.63, 3.8) is 0 Å². The molecular formula is C12H19N5O3. The molecule has 0 N–H and O–H groups in total. The first-order valence-electron chi connectivity index (χ1n) is 6.66. The fourth-order valence-corrected chi connectivity index (χ4v) is 2.05. The smallest absolute Gasteiger partial charge is 0.409 e. The van der Waals surface area contributed by atoms with Gasteiger partial charge in [0.05, 0.1) is 18.5 Å². The lowest BCUT2D eigenvalue weighted by atomic mass is 10.3. The molecule has 1 saturated heterocycles. The zero-order valence-corrected chi connectivity index (χ0v) is 11.8. The molecule has 0 aromatic carbocycles. The number of rotatable bonds is 3. The van der Waals surface area contributed by atoms with Crippen molar-refractivity contribution >= 4 is 12.0 Å². The fourth-order valence-electron chi connectivity index (χ4n) is 2.05. The van der Waals surface area contributed by atoms with E-state index >= 15 is 0 Å². The Morgan fingerprint density at radius 2 is 1.90 bits per heavy atom. The van der Waals surface area contributed by atoms with Crippen LogP contribution in [0.1, 0.15) is 12.6 Å². The number of aromatic nitrogens is 3. The normalized spacial score (nSPS) is 15.3. The van der Waals surface area contributed by atoms with Crippen LogP contribution in [-0.4, -0.2) is 69.6 Å². The van der Waals surface area contributed by atoms with E-state index in [1.54, 1.807) is 27.6 Å². The van der Waals surface area contributed by atoms with E-state index in [0.717, 1.165) is 5.69 Å². The number of piperazine rings is 1. The Hall–Kier alpha value is -2.12. The van der Waals surface area contributed by atoms with Gasteiger partial charge in [0.25, 0.3) is 0 Å². The van der Waals surface area contributed by atoms with E-state index in [9.17, 15) is 9.59 Å². The molecule has 110 valence electrons. The summed E-state index contributed by atoms with van der Waals surface area (Å²) in [5.74, 6) is -0.0119. The first-order chi connectivity index (χ1) is 9.61. The van der Waals surface area contributed by atoms with Gasteiger partial charge in [0, 0.05) is 26.2 Å². The summed E-state index contributed by atoms with van der Waals surface area (Å²) in [6.07, 6.45) is 1.30. The molecule has 1 fully saturated rings. The van der Waals surface area contributed by atoms with Crippen LogP contribution < -0.4 is 0 Å². The minimum absolute atomic E-state index is 0.0119. The Morgan fingerprint density at radius 3 is 2.45 bits per heavy atom. The van der Waals surface area contributed by atoms with Gasteiger partial charge in [0.2, 0.25) is 5.91 Å². The topological polar surface area (TPSA) is 80.6 Å². The summed E-state index contributed by atoms with van der Waals surface area (Å²) in [5, 5.41) is 7.60. The third kappa shape index (κ3) is 3.25. The molecule has 0 aliphatic carbocycles. The van der Waals surface area contributed by atoms with Crippen LogP contribution in [0.2, 0.25) is 0 Å². The molecule has 2 heterocycles. The van der Waals surface area contributed by atoms with Crippen molar-refractivity contribution in [3.8, 4) is 0 Å². The quantitative estimate of drug-likeness (QED) is 0.772. The highest BCUT2D eigenvalue weighted by Crippen LogP contribution is 2.05. The van der Waals surface area contributed by atoms with Gasteiger partial charge in [-0.15, -0.1) is 5.10 Å². The number of hydrogen-bond donors (Lipinski definition) is 0. The maximum atomic E-state index is 12.1. The lowest BCUT2D eigenvalue weighted by Crippen LogP contribution is -2.51. The highest BCUT2D eigenvalue weighted by molar-refractivity contribution is 5.76. The SMILES string of the molecule is CCOC(=O)N1CCN(C(=O)Cn2nncc2C)CC1. The first kappa shape index (κ1) is 14.3. The number of ether oxygens (including phenoxy) is 1. The third-order valence-electron chi connectivity index (χ3n) is 3.25. The number of carbonyl (C=O) groups is 2. The van der Waals surface area contributed by atoms with Crippen molar-refractivity contribution in [1.29, 1.82) is 0 Å². The van der Waals surface area contributed by atoms with E-state index in [-0.39, 0.29) is 18.5 Å². The second-order valence-electron chi connectivity index (χ2n) is 4.60. The zero-order chi connectivity index (χ0) is 14.5. The number of nitrogens with zero attached hydrogens (tertiary/aromatic N) is 5.